The Labute approximate surface area is 121 Å². The molecule has 2 N–H and O–H groups in total. The highest BCUT2D eigenvalue weighted by molar-refractivity contribution is 7.98. The summed E-state index contributed by atoms with van der Waals surface area (Å²) in [6.07, 6.45) is 3.64. The minimum Gasteiger partial charge on any atom is -0.481 e. The van der Waals surface area contributed by atoms with Crippen molar-refractivity contribution in [1.29, 1.82) is 0 Å². The number of carboxylic acids is 1. The molecule has 0 aromatic carbocycles. The zero-order chi connectivity index (χ0) is 14.3. The Balaban J connectivity index is 2.52. The lowest BCUT2D eigenvalue weighted by molar-refractivity contribution is -0.136. The fourth-order valence-electron chi connectivity index (χ4n) is 1.40. The Morgan fingerprint density at radius 3 is 2.79 bits per heavy atom. The highest BCUT2D eigenvalue weighted by Crippen LogP contribution is 2.21. The molecule has 1 rings (SSSR count). The first-order chi connectivity index (χ1) is 8.95. The zero-order valence-electron chi connectivity index (χ0n) is 10.6. The van der Waals surface area contributed by atoms with E-state index in [1.807, 2.05) is 6.26 Å². The fraction of sp³-hybridized carbons (Fsp3) is 0.545. The van der Waals surface area contributed by atoms with Crippen molar-refractivity contribution in [3.05, 3.63) is 17.0 Å². The summed E-state index contributed by atoms with van der Waals surface area (Å²) < 4.78 is 26.5. The molecule has 1 aromatic rings. The molecule has 0 saturated carbocycles. The summed E-state index contributed by atoms with van der Waals surface area (Å²) >= 11 is 2.74. The van der Waals surface area contributed by atoms with Crippen molar-refractivity contribution in [2.24, 2.45) is 0 Å². The maximum absolute atomic E-state index is 11.9. The Kier molecular flexibility index (Phi) is 6.84. The first-order valence-corrected chi connectivity index (χ1v) is 9.44. The van der Waals surface area contributed by atoms with Gasteiger partial charge < -0.3 is 5.11 Å². The molecule has 0 fully saturated rings. The van der Waals surface area contributed by atoms with Crippen molar-refractivity contribution in [2.45, 2.75) is 23.5 Å². The van der Waals surface area contributed by atoms with Crippen molar-refractivity contribution in [3.8, 4) is 0 Å². The largest absolute Gasteiger partial charge is 0.481 e. The molecule has 1 heterocycles. The number of nitrogens with one attached hydrogen (secondary N) is 1. The van der Waals surface area contributed by atoms with Gasteiger partial charge in [-0.1, -0.05) is 0 Å². The zero-order valence-corrected chi connectivity index (χ0v) is 13.0. The van der Waals surface area contributed by atoms with E-state index < -0.39 is 16.0 Å². The topological polar surface area (TPSA) is 83.5 Å². The predicted octanol–water partition coefficient (Wildman–Crippen LogP) is 1.80. The Hall–Kier alpha value is -0.570. The number of hydrogen-bond donors (Lipinski definition) is 2. The second kappa shape index (κ2) is 7.88. The van der Waals surface area contributed by atoms with Gasteiger partial charge >= 0.3 is 5.97 Å². The maximum Gasteiger partial charge on any atom is 0.308 e. The molecule has 0 aliphatic carbocycles. The van der Waals surface area contributed by atoms with Gasteiger partial charge in [-0.25, -0.2) is 13.1 Å². The monoisotopic (exact) mass is 323 g/mol. The third-order valence-electron chi connectivity index (χ3n) is 2.29. The quantitative estimate of drug-likeness (QED) is 0.677. The number of aliphatic carboxylic acids is 1. The number of rotatable bonds is 9. The van der Waals surface area contributed by atoms with Crippen LogP contribution in [-0.4, -0.2) is 38.0 Å². The van der Waals surface area contributed by atoms with Crippen LogP contribution in [0.25, 0.3) is 0 Å². The molecule has 19 heavy (non-hydrogen) atoms. The fourth-order valence-corrected chi connectivity index (χ4v) is 4.35. The highest BCUT2D eigenvalue weighted by Gasteiger charge is 2.16. The van der Waals surface area contributed by atoms with E-state index in [1.165, 1.54) is 6.07 Å². The Bertz CT molecular complexity index is 510. The molecule has 1 aromatic heterocycles. The molecule has 0 amide bonds. The smallest absolute Gasteiger partial charge is 0.308 e. The van der Waals surface area contributed by atoms with Crippen LogP contribution in [-0.2, 0) is 21.2 Å². The van der Waals surface area contributed by atoms with E-state index in [-0.39, 0.29) is 10.6 Å². The van der Waals surface area contributed by atoms with E-state index in [0.717, 1.165) is 29.9 Å². The summed E-state index contributed by atoms with van der Waals surface area (Å²) in [6, 6.07) is 2.99. The van der Waals surface area contributed by atoms with Gasteiger partial charge in [0.15, 0.2) is 0 Å². The maximum atomic E-state index is 11.9. The lowest BCUT2D eigenvalue weighted by Gasteiger charge is -2.04. The van der Waals surface area contributed by atoms with Crippen molar-refractivity contribution in [1.82, 2.24) is 4.72 Å². The molecule has 108 valence electrons. The molecule has 0 unspecified atom stereocenters. The van der Waals surface area contributed by atoms with Crippen molar-refractivity contribution in [3.63, 3.8) is 0 Å². The summed E-state index contributed by atoms with van der Waals surface area (Å²) in [5.41, 5.74) is 0. The summed E-state index contributed by atoms with van der Waals surface area (Å²) in [6.45, 7) is 0.412. The number of sulfonamides is 1. The lowest BCUT2D eigenvalue weighted by Crippen LogP contribution is -2.24. The summed E-state index contributed by atoms with van der Waals surface area (Å²) in [7, 11) is -3.49. The van der Waals surface area contributed by atoms with E-state index in [4.69, 9.17) is 5.11 Å². The number of hydrogen-bond acceptors (Lipinski definition) is 5. The van der Waals surface area contributed by atoms with Gasteiger partial charge in [0.1, 0.15) is 4.21 Å². The van der Waals surface area contributed by atoms with Gasteiger partial charge in [0.25, 0.3) is 0 Å². The highest BCUT2D eigenvalue weighted by atomic mass is 32.2. The summed E-state index contributed by atoms with van der Waals surface area (Å²) in [5.74, 6) is 0.0551. The summed E-state index contributed by atoms with van der Waals surface area (Å²) in [5, 5.41) is 8.64. The van der Waals surface area contributed by atoms with Gasteiger partial charge in [0, 0.05) is 11.4 Å². The van der Waals surface area contributed by atoms with Gasteiger partial charge in [-0.15, -0.1) is 11.3 Å². The number of thioether (sulfide) groups is 1. The van der Waals surface area contributed by atoms with E-state index in [1.54, 1.807) is 17.8 Å². The molecular weight excluding hydrogens is 306 g/mol. The van der Waals surface area contributed by atoms with E-state index in [2.05, 4.69) is 4.72 Å². The van der Waals surface area contributed by atoms with Gasteiger partial charge in [-0.2, -0.15) is 11.8 Å². The Morgan fingerprint density at radius 1 is 1.42 bits per heavy atom. The Morgan fingerprint density at radius 2 is 2.16 bits per heavy atom. The standard InChI is InChI=1S/C11H17NO4S3/c1-17-7-3-2-6-12-19(15,16)11-5-4-9(18-11)8-10(13)14/h4-5,12H,2-3,6-8H2,1H3,(H,13,14). The molecule has 0 saturated heterocycles. The van der Waals surface area contributed by atoms with Crippen LogP contribution in [0, 0.1) is 0 Å². The molecular formula is C11H17NO4S3. The van der Waals surface area contributed by atoms with Crippen molar-refractivity contribution >= 4 is 39.1 Å². The number of unbranched alkanes of at least 4 members (excludes halogenated alkanes) is 1. The molecule has 0 aliphatic rings. The summed E-state index contributed by atoms with van der Waals surface area (Å²) in [4.78, 5) is 11.1. The van der Waals surface area contributed by atoms with E-state index in [9.17, 15) is 13.2 Å². The second-order valence-electron chi connectivity index (χ2n) is 3.89. The molecule has 8 heteroatoms. The molecule has 0 radical (unpaired) electrons. The molecule has 0 spiro atoms. The normalized spacial score (nSPS) is 11.6. The minimum atomic E-state index is -3.49. The minimum absolute atomic E-state index is 0.145. The second-order valence-corrected chi connectivity index (χ2v) is 8.04. The average Bonchev–Trinajstić information content (AvgIpc) is 2.77. The molecule has 0 bridgehead atoms. The van der Waals surface area contributed by atoms with Gasteiger partial charge in [-0.3, -0.25) is 4.79 Å². The van der Waals surface area contributed by atoms with Crippen LogP contribution in [0.5, 0.6) is 0 Å². The van der Waals surface area contributed by atoms with Crippen LogP contribution in [0.4, 0.5) is 0 Å². The first-order valence-electron chi connectivity index (χ1n) is 5.75. The van der Waals surface area contributed by atoms with Crippen LogP contribution in [0.15, 0.2) is 16.3 Å². The van der Waals surface area contributed by atoms with E-state index in [0.29, 0.717) is 11.4 Å². The third-order valence-corrected chi connectivity index (χ3v) is 6.03. The SMILES string of the molecule is CSCCCCNS(=O)(=O)c1ccc(CC(=O)O)s1. The van der Waals surface area contributed by atoms with Gasteiger partial charge in [0.05, 0.1) is 6.42 Å². The van der Waals surface area contributed by atoms with Crippen LogP contribution < -0.4 is 4.72 Å². The van der Waals surface area contributed by atoms with Crippen molar-refractivity contribution < 1.29 is 18.3 Å². The first kappa shape index (κ1) is 16.5. The molecule has 0 atom stereocenters. The van der Waals surface area contributed by atoms with Crippen LogP contribution in [0.3, 0.4) is 0 Å². The third kappa shape index (κ3) is 5.94. The number of carboxylic acid groups (broad SMARTS) is 1. The van der Waals surface area contributed by atoms with Gasteiger partial charge in [0.2, 0.25) is 10.0 Å². The van der Waals surface area contributed by atoms with E-state index >= 15 is 0 Å². The van der Waals surface area contributed by atoms with Crippen LogP contribution >= 0.6 is 23.1 Å². The number of carbonyl (C=O) groups is 1. The molecule has 0 aliphatic heterocycles. The predicted molar refractivity (Wildman–Crippen MR) is 78.5 cm³/mol. The lowest BCUT2D eigenvalue weighted by atomic mass is 10.3. The van der Waals surface area contributed by atoms with Gasteiger partial charge in [-0.05, 0) is 37.0 Å². The molecule has 5 nitrogen and oxygen atoms in total. The average molecular weight is 323 g/mol. The van der Waals surface area contributed by atoms with Crippen molar-refractivity contribution in [2.75, 3.05) is 18.6 Å². The number of thiophene rings is 1. The van der Waals surface area contributed by atoms with Crippen LogP contribution in [0.1, 0.15) is 17.7 Å². The van der Waals surface area contributed by atoms with Crippen LogP contribution in [0.2, 0.25) is 0 Å².